The number of morpholine rings is 1. The number of ether oxygens (including phenoxy) is 1. The molecule has 0 aliphatic carbocycles. The third kappa shape index (κ3) is 3.93. The smallest absolute Gasteiger partial charge is 0.0984 e. The summed E-state index contributed by atoms with van der Waals surface area (Å²) in [5, 5.41) is 12.6. The molecule has 0 spiro atoms. The third-order valence-corrected chi connectivity index (χ3v) is 3.41. The second-order valence-electron chi connectivity index (χ2n) is 5.10. The zero-order valence-corrected chi connectivity index (χ0v) is 11.8. The summed E-state index contributed by atoms with van der Waals surface area (Å²) in [6.07, 6.45) is 0.0810. The number of benzene rings is 1. The van der Waals surface area contributed by atoms with E-state index in [-0.39, 0.29) is 18.8 Å². The molecule has 0 saturated carbocycles. The molecular formula is C15H24N2O2. The monoisotopic (exact) mass is 264 g/mol. The second-order valence-corrected chi connectivity index (χ2v) is 5.10. The lowest BCUT2D eigenvalue weighted by molar-refractivity contribution is -0.0421. The van der Waals surface area contributed by atoms with Crippen LogP contribution in [0.3, 0.4) is 0 Å². The van der Waals surface area contributed by atoms with Crippen molar-refractivity contribution < 1.29 is 9.84 Å². The van der Waals surface area contributed by atoms with E-state index in [1.54, 1.807) is 0 Å². The minimum absolute atomic E-state index is 0.0785. The molecule has 0 amide bonds. The van der Waals surface area contributed by atoms with Gasteiger partial charge in [-0.2, -0.15) is 0 Å². The number of rotatable bonds is 5. The fraction of sp³-hybridized carbons (Fsp3) is 0.600. The van der Waals surface area contributed by atoms with Crippen molar-refractivity contribution in [2.24, 2.45) is 0 Å². The lowest BCUT2D eigenvalue weighted by Gasteiger charge is -2.37. The molecule has 0 bridgehead atoms. The van der Waals surface area contributed by atoms with Gasteiger partial charge in [0.25, 0.3) is 0 Å². The van der Waals surface area contributed by atoms with Crippen LogP contribution in [0.25, 0.3) is 0 Å². The highest BCUT2D eigenvalue weighted by molar-refractivity contribution is 5.48. The maximum atomic E-state index is 9.25. The maximum Gasteiger partial charge on any atom is 0.0984 e. The van der Waals surface area contributed by atoms with E-state index in [1.807, 2.05) is 6.92 Å². The summed E-state index contributed by atoms with van der Waals surface area (Å²) in [6.45, 7) is 7.78. The molecule has 1 aliphatic rings. The fourth-order valence-electron chi connectivity index (χ4n) is 2.45. The zero-order chi connectivity index (χ0) is 13.7. The Bertz CT molecular complexity index is 380. The summed E-state index contributed by atoms with van der Waals surface area (Å²) < 4.78 is 5.66. The number of anilines is 1. The Morgan fingerprint density at radius 3 is 2.68 bits per heavy atom. The number of hydrogen-bond acceptors (Lipinski definition) is 4. The second kappa shape index (κ2) is 6.89. The van der Waals surface area contributed by atoms with Crippen LogP contribution in [0, 0.1) is 0 Å². The molecule has 2 unspecified atom stereocenters. The van der Waals surface area contributed by atoms with Crippen LogP contribution in [-0.4, -0.2) is 43.6 Å². The van der Waals surface area contributed by atoms with Crippen LogP contribution in [0.15, 0.2) is 24.3 Å². The Labute approximate surface area is 115 Å². The quantitative estimate of drug-likeness (QED) is 0.843. The molecule has 19 heavy (non-hydrogen) atoms. The summed E-state index contributed by atoms with van der Waals surface area (Å²) >= 11 is 0. The molecule has 0 aromatic heterocycles. The lowest BCUT2D eigenvalue weighted by Crippen LogP contribution is -2.48. The minimum Gasteiger partial charge on any atom is -0.394 e. The van der Waals surface area contributed by atoms with Gasteiger partial charge in [0.1, 0.15) is 0 Å². The minimum atomic E-state index is -0.0785. The number of nitrogens with one attached hydrogen (secondary N) is 1. The summed E-state index contributed by atoms with van der Waals surface area (Å²) in [4.78, 5) is 2.28. The molecule has 1 aliphatic heterocycles. The largest absolute Gasteiger partial charge is 0.394 e. The molecule has 4 nitrogen and oxygen atoms in total. The van der Waals surface area contributed by atoms with Gasteiger partial charge in [0.15, 0.2) is 0 Å². The highest BCUT2D eigenvalue weighted by atomic mass is 16.5. The Morgan fingerprint density at radius 2 is 2.05 bits per heavy atom. The van der Waals surface area contributed by atoms with Crippen LogP contribution in [0.5, 0.6) is 0 Å². The molecule has 0 radical (unpaired) electrons. The summed E-state index contributed by atoms with van der Waals surface area (Å²) in [5.41, 5.74) is 2.50. The van der Waals surface area contributed by atoms with Gasteiger partial charge in [0, 0.05) is 25.3 Å². The first kappa shape index (κ1) is 14.3. The topological polar surface area (TPSA) is 44.7 Å². The van der Waals surface area contributed by atoms with Gasteiger partial charge in [-0.15, -0.1) is 0 Å². The Kier molecular flexibility index (Phi) is 5.19. The third-order valence-electron chi connectivity index (χ3n) is 3.41. The van der Waals surface area contributed by atoms with Gasteiger partial charge in [-0.1, -0.05) is 19.1 Å². The van der Waals surface area contributed by atoms with Gasteiger partial charge in [-0.05, 0) is 31.2 Å². The van der Waals surface area contributed by atoms with Crippen molar-refractivity contribution in [1.82, 2.24) is 5.32 Å². The molecule has 2 rings (SSSR count). The van der Waals surface area contributed by atoms with E-state index in [2.05, 4.69) is 41.4 Å². The van der Waals surface area contributed by atoms with E-state index in [4.69, 9.17) is 4.74 Å². The van der Waals surface area contributed by atoms with Crippen molar-refractivity contribution >= 4 is 5.69 Å². The van der Waals surface area contributed by atoms with Crippen LogP contribution in [0.1, 0.15) is 19.4 Å². The van der Waals surface area contributed by atoms with Crippen LogP contribution >= 0.6 is 0 Å². The highest BCUT2D eigenvalue weighted by Gasteiger charge is 2.24. The van der Waals surface area contributed by atoms with Gasteiger partial charge in [-0.3, -0.25) is 0 Å². The average Bonchev–Trinajstić information content (AvgIpc) is 2.45. The van der Waals surface area contributed by atoms with Crippen molar-refractivity contribution in [3.8, 4) is 0 Å². The Morgan fingerprint density at radius 1 is 1.32 bits per heavy atom. The standard InChI is InChI=1S/C15H24N2O2/c1-3-16-8-13-4-6-14(7-5-13)17-9-12(2)19-15(10-17)11-18/h4-7,12,15-16,18H,3,8-11H2,1-2H3. The SMILES string of the molecule is CCNCc1ccc(N2CC(C)OC(CO)C2)cc1. The van der Waals surface area contributed by atoms with E-state index in [0.29, 0.717) is 0 Å². The number of aliphatic hydroxyl groups is 1. The maximum absolute atomic E-state index is 9.25. The van der Waals surface area contributed by atoms with Gasteiger partial charge < -0.3 is 20.1 Å². The molecule has 4 heteroatoms. The number of nitrogens with zero attached hydrogens (tertiary/aromatic N) is 1. The van der Waals surface area contributed by atoms with Crippen molar-refractivity contribution in [2.75, 3.05) is 31.1 Å². The summed E-state index contributed by atoms with van der Waals surface area (Å²) in [7, 11) is 0. The van der Waals surface area contributed by atoms with E-state index >= 15 is 0 Å². The van der Waals surface area contributed by atoms with Crippen LogP contribution in [0.4, 0.5) is 5.69 Å². The van der Waals surface area contributed by atoms with Crippen molar-refractivity contribution in [2.45, 2.75) is 32.6 Å². The number of aliphatic hydroxyl groups excluding tert-OH is 1. The van der Waals surface area contributed by atoms with Gasteiger partial charge in [0.05, 0.1) is 18.8 Å². The van der Waals surface area contributed by atoms with Crippen LogP contribution in [0.2, 0.25) is 0 Å². The molecule has 1 fully saturated rings. The van der Waals surface area contributed by atoms with Gasteiger partial charge >= 0.3 is 0 Å². The van der Waals surface area contributed by atoms with Crippen LogP contribution < -0.4 is 10.2 Å². The molecule has 1 heterocycles. The van der Waals surface area contributed by atoms with Crippen molar-refractivity contribution in [3.63, 3.8) is 0 Å². The predicted molar refractivity (Wildman–Crippen MR) is 77.5 cm³/mol. The molecule has 2 N–H and O–H groups in total. The zero-order valence-electron chi connectivity index (χ0n) is 11.8. The van der Waals surface area contributed by atoms with Gasteiger partial charge in [-0.25, -0.2) is 0 Å². The molecular weight excluding hydrogens is 240 g/mol. The van der Waals surface area contributed by atoms with Crippen molar-refractivity contribution in [3.05, 3.63) is 29.8 Å². The number of hydrogen-bond donors (Lipinski definition) is 2. The molecule has 2 atom stereocenters. The average molecular weight is 264 g/mol. The summed E-state index contributed by atoms with van der Waals surface area (Å²) in [6, 6.07) is 8.62. The van der Waals surface area contributed by atoms with E-state index in [1.165, 1.54) is 11.3 Å². The molecule has 1 aromatic carbocycles. The normalized spacial score (nSPS) is 23.6. The Balaban J connectivity index is 2.00. The lowest BCUT2D eigenvalue weighted by atomic mass is 10.1. The molecule has 1 saturated heterocycles. The highest BCUT2D eigenvalue weighted by Crippen LogP contribution is 2.20. The first-order chi connectivity index (χ1) is 9.22. The first-order valence-corrected chi connectivity index (χ1v) is 7.03. The molecule has 1 aromatic rings. The Hall–Kier alpha value is -1.10. The van der Waals surface area contributed by atoms with E-state index in [0.717, 1.165) is 26.2 Å². The first-order valence-electron chi connectivity index (χ1n) is 7.03. The van der Waals surface area contributed by atoms with Crippen LogP contribution in [-0.2, 0) is 11.3 Å². The van der Waals surface area contributed by atoms with Gasteiger partial charge in [0.2, 0.25) is 0 Å². The molecule has 106 valence electrons. The van der Waals surface area contributed by atoms with E-state index < -0.39 is 0 Å². The predicted octanol–water partition coefficient (Wildman–Crippen LogP) is 1.38. The van der Waals surface area contributed by atoms with E-state index in [9.17, 15) is 5.11 Å². The summed E-state index contributed by atoms with van der Waals surface area (Å²) in [5.74, 6) is 0. The fourth-order valence-corrected chi connectivity index (χ4v) is 2.45. The van der Waals surface area contributed by atoms with Crippen molar-refractivity contribution in [1.29, 1.82) is 0 Å².